The van der Waals surface area contributed by atoms with E-state index in [2.05, 4.69) is 31.2 Å². The summed E-state index contributed by atoms with van der Waals surface area (Å²) in [5, 5.41) is 10.0. The zero-order valence-electron chi connectivity index (χ0n) is 10.1. The van der Waals surface area contributed by atoms with Crippen LogP contribution >= 0.6 is 23.5 Å². The summed E-state index contributed by atoms with van der Waals surface area (Å²) < 4.78 is 0. The van der Waals surface area contributed by atoms with Gasteiger partial charge in [-0.1, -0.05) is 25.8 Å². The second-order valence-corrected chi connectivity index (χ2v) is 6.85. The number of nitriles is 1. The van der Waals surface area contributed by atoms with Crippen molar-refractivity contribution in [2.75, 3.05) is 5.75 Å². The van der Waals surface area contributed by atoms with Crippen LogP contribution in [0.5, 0.6) is 0 Å². The predicted molar refractivity (Wildman–Crippen MR) is 75.7 cm³/mol. The molecule has 0 heterocycles. The van der Waals surface area contributed by atoms with E-state index in [0.29, 0.717) is 0 Å². The van der Waals surface area contributed by atoms with Crippen molar-refractivity contribution in [2.24, 2.45) is 0 Å². The molecule has 1 aromatic carbocycles. The highest BCUT2D eigenvalue weighted by Gasteiger charge is 2.18. The Morgan fingerprint density at radius 2 is 2.00 bits per heavy atom. The number of hydrogen-bond donors (Lipinski definition) is 0. The lowest BCUT2D eigenvalue weighted by molar-refractivity contribution is 0.886. The van der Waals surface area contributed by atoms with Gasteiger partial charge in [0.2, 0.25) is 0 Å². The molecule has 1 aliphatic rings. The second kappa shape index (κ2) is 6.37. The lowest BCUT2D eigenvalue weighted by atomic mass is 10.2. The first-order valence-corrected chi connectivity index (χ1v) is 8.04. The van der Waals surface area contributed by atoms with Crippen molar-refractivity contribution in [2.45, 2.75) is 47.6 Å². The molecule has 1 nitrogen and oxygen atoms in total. The maximum absolute atomic E-state index is 9.32. The van der Waals surface area contributed by atoms with E-state index in [1.165, 1.54) is 30.6 Å². The van der Waals surface area contributed by atoms with Gasteiger partial charge in [0.25, 0.3) is 0 Å². The van der Waals surface area contributed by atoms with Crippen LogP contribution in [0.4, 0.5) is 0 Å². The van der Waals surface area contributed by atoms with Gasteiger partial charge in [0, 0.05) is 15.0 Å². The molecule has 1 aromatic rings. The van der Waals surface area contributed by atoms with E-state index in [0.717, 1.165) is 21.5 Å². The van der Waals surface area contributed by atoms with Crippen molar-refractivity contribution in [3.8, 4) is 6.07 Å². The third-order valence-electron chi connectivity index (χ3n) is 3.00. The third-order valence-corrected chi connectivity index (χ3v) is 5.33. The average Bonchev–Trinajstić information content (AvgIpc) is 2.83. The Morgan fingerprint density at radius 3 is 2.65 bits per heavy atom. The van der Waals surface area contributed by atoms with Crippen molar-refractivity contribution in [3.63, 3.8) is 0 Å². The SMILES string of the molecule is CCSc1cccc(SC2CCCC2)c1C#N. The fraction of sp³-hybridized carbons (Fsp3) is 0.500. The van der Waals surface area contributed by atoms with Gasteiger partial charge in [-0.3, -0.25) is 0 Å². The van der Waals surface area contributed by atoms with E-state index < -0.39 is 0 Å². The highest BCUT2D eigenvalue weighted by atomic mass is 32.2. The molecule has 0 bridgehead atoms. The monoisotopic (exact) mass is 263 g/mol. The van der Waals surface area contributed by atoms with Crippen molar-refractivity contribution in [3.05, 3.63) is 23.8 Å². The molecule has 2 rings (SSSR count). The largest absolute Gasteiger partial charge is 0.192 e. The second-order valence-electron chi connectivity index (χ2n) is 4.20. The van der Waals surface area contributed by atoms with Crippen LogP contribution in [0.2, 0.25) is 0 Å². The molecular weight excluding hydrogens is 246 g/mol. The molecule has 0 unspecified atom stereocenters. The molecule has 0 aromatic heterocycles. The predicted octanol–water partition coefficient (Wildman–Crippen LogP) is 4.70. The van der Waals surface area contributed by atoms with E-state index in [-0.39, 0.29) is 0 Å². The minimum atomic E-state index is 0.726. The zero-order chi connectivity index (χ0) is 12.1. The first-order valence-electron chi connectivity index (χ1n) is 6.17. The number of thioether (sulfide) groups is 2. The van der Waals surface area contributed by atoms with Gasteiger partial charge in [0.05, 0.1) is 5.56 Å². The van der Waals surface area contributed by atoms with E-state index in [9.17, 15) is 5.26 Å². The molecule has 0 spiro atoms. The van der Waals surface area contributed by atoms with Gasteiger partial charge >= 0.3 is 0 Å². The lowest BCUT2D eigenvalue weighted by Gasteiger charge is -2.12. The van der Waals surface area contributed by atoms with Crippen LogP contribution in [0.1, 0.15) is 38.2 Å². The van der Waals surface area contributed by atoms with Crippen LogP contribution in [-0.2, 0) is 0 Å². The van der Waals surface area contributed by atoms with Gasteiger partial charge < -0.3 is 0 Å². The smallest absolute Gasteiger partial charge is 0.101 e. The van der Waals surface area contributed by atoms with E-state index >= 15 is 0 Å². The maximum Gasteiger partial charge on any atom is 0.101 e. The van der Waals surface area contributed by atoms with Gasteiger partial charge in [-0.25, -0.2) is 0 Å². The van der Waals surface area contributed by atoms with Gasteiger partial charge in [0.1, 0.15) is 6.07 Å². The minimum Gasteiger partial charge on any atom is -0.192 e. The summed E-state index contributed by atoms with van der Waals surface area (Å²) >= 11 is 3.67. The Balaban J connectivity index is 2.20. The molecule has 0 amide bonds. The summed E-state index contributed by atoms with van der Waals surface area (Å²) in [6, 6.07) is 8.62. The molecular formula is C14H17NS2. The molecule has 0 radical (unpaired) electrons. The Labute approximate surface area is 112 Å². The highest BCUT2D eigenvalue weighted by molar-refractivity contribution is 8.00. The molecule has 0 N–H and O–H groups in total. The number of hydrogen-bond acceptors (Lipinski definition) is 3. The Kier molecular flexibility index (Phi) is 4.82. The van der Waals surface area contributed by atoms with Crippen LogP contribution in [0.15, 0.2) is 28.0 Å². The number of rotatable bonds is 4. The third kappa shape index (κ3) is 3.20. The number of nitrogens with zero attached hydrogens (tertiary/aromatic N) is 1. The van der Waals surface area contributed by atoms with Crippen LogP contribution in [0.3, 0.4) is 0 Å². The molecule has 0 saturated heterocycles. The summed E-state index contributed by atoms with van der Waals surface area (Å²) in [6.45, 7) is 2.13. The molecule has 1 aliphatic carbocycles. The summed E-state index contributed by atoms with van der Waals surface area (Å²) in [6.07, 6.45) is 5.31. The summed E-state index contributed by atoms with van der Waals surface area (Å²) in [5.74, 6) is 1.02. The first kappa shape index (κ1) is 12.9. The van der Waals surface area contributed by atoms with Crippen LogP contribution < -0.4 is 0 Å². The van der Waals surface area contributed by atoms with Gasteiger partial charge in [-0.2, -0.15) is 5.26 Å². The van der Waals surface area contributed by atoms with Crippen LogP contribution in [-0.4, -0.2) is 11.0 Å². The van der Waals surface area contributed by atoms with E-state index in [1.54, 1.807) is 11.8 Å². The normalized spacial score (nSPS) is 16.0. The fourth-order valence-corrected chi connectivity index (χ4v) is 4.39. The topological polar surface area (TPSA) is 23.8 Å². The summed E-state index contributed by atoms with van der Waals surface area (Å²) in [4.78, 5) is 2.32. The fourth-order valence-electron chi connectivity index (χ4n) is 2.18. The summed E-state index contributed by atoms with van der Waals surface area (Å²) in [7, 11) is 0. The van der Waals surface area contributed by atoms with Gasteiger partial charge in [-0.05, 0) is 30.7 Å². The first-order chi connectivity index (χ1) is 8.35. The van der Waals surface area contributed by atoms with E-state index in [1.807, 2.05) is 11.8 Å². The lowest BCUT2D eigenvalue weighted by Crippen LogP contribution is -1.95. The van der Waals surface area contributed by atoms with Gasteiger partial charge in [0.15, 0.2) is 0 Å². The van der Waals surface area contributed by atoms with Gasteiger partial charge in [-0.15, -0.1) is 23.5 Å². The Morgan fingerprint density at radius 1 is 1.29 bits per heavy atom. The van der Waals surface area contributed by atoms with Crippen molar-refractivity contribution >= 4 is 23.5 Å². The highest BCUT2D eigenvalue weighted by Crippen LogP contribution is 2.38. The number of benzene rings is 1. The molecule has 1 fully saturated rings. The van der Waals surface area contributed by atoms with Crippen LogP contribution in [0, 0.1) is 11.3 Å². The van der Waals surface area contributed by atoms with Crippen molar-refractivity contribution in [1.82, 2.24) is 0 Å². The molecule has 0 aliphatic heterocycles. The molecule has 90 valence electrons. The molecule has 17 heavy (non-hydrogen) atoms. The Hall–Kier alpha value is -0.590. The quantitative estimate of drug-likeness (QED) is 0.735. The van der Waals surface area contributed by atoms with Crippen molar-refractivity contribution < 1.29 is 0 Å². The molecule has 1 saturated carbocycles. The standard InChI is InChI=1S/C14H17NS2/c1-2-16-13-8-5-9-14(12(13)10-15)17-11-6-3-4-7-11/h5,8-9,11H,2-4,6-7H2,1H3. The van der Waals surface area contributed by atoms with Crippen LogP contribution in [0.25, 0.3) is 0 Å². The molecule has 3 heteroatoms. The Bertz CT molecular complexity index is 417. The zero-order valence-corrected chi connectivity index (χ0v) is 11.7. The molecule has 0 atom stereocenters. The van der Waals surface area contributed by atoms with Crippen molar-refractivity contribution in [1.29, 1.82) is 5.26 Å². The maximum atomic E-state index is 9.32. The average molecular weight is 263 g/mol. The van der Waals surface area contributed by atoms with E-state index in [4.69, 9.17) is 0 Å². The summed E-state index contributed by atoms with van der Waals surface area (Å²) in [5.41, 5.74) is 0.885. The minimum absolute atomic E-state index is 0.726.